The summed E-state index contributed by atoms with van der Waals surface area (Å²) in [6.45, 7) is 5.05. The highest BCUT2D eigenvalue weighted by molar-refractivity contribution is 6.06. The second-order valence-corrected chi connectivity index (χ2v) is 7.81. The van der Waals surface area contributed by atoms with Crippen molar-refractivity contribution in [1.82, 2.24) is 9.88 Å². The van der Waals surface area contributed by atoms with Crippen LogP contribution in [0.5, 0.6) is 0 Å². The molecule has 30 heavy (non-hydrogen) atoms. The first-order valence-corrected chi connectivity index (χ1v) is 10.1. The van der Waals surface area contributed by atoms with Gasteiger partial charge in [0.2, 0.25) is 0 Å². The van der Waals surface area contributed by atoms with Crippen molar-refractivity contribution in [3.63, 3.8) is 0 Å². The topological polar surface area (TPSA) is 71.5 Å². The lowest BCUT2D eigenvalue weighted by molar-refractivity contribution is -0.119. The minimum Gasteiger partial charge on any atom is -0.452 e. The molecule has 1 aliphatic rings. The third kappa shape index (κ3) is 3.91. The maximum absolute atomic E-state index is 13.1. The predicted octanol–water partition coefficient (Wildman–Crippen LogP) is 3.64. The predicted molar refractivity (Wildman–Crippen MR) is 117 cm³/mol. The number of rotatable bonds is 4. The van der Waals surface area contributed by atoms with Gasteiger partial charge in [0, 0.05) is 41.8 Å². The van der Waals surface area contributed by atoms with E-state index in [2.05, 4.69) is 10.2 Å². The van der Waals surface area contributed by atoms with Gasteiger partial charge in [-0.15, -0.1) is 0 Å². The van der Waals surface area contributed by atoms with Crippen molar-refractivity contribution in [3.8, 4) is 0 Å². The lowest BCUT2D eigenvalue weighted by Crippen LogP contribution is -2.30. The van der Waals surface area contributed by atoms with E-state index in [0.717, 1.165) is 51.9 Å². The molecule has 4 rings (SSSR count). The summed E-state index contributed by atoms with van der Waals surface area (Å²) in [6, 6.07) is 13.4. The number of hydrogen-bond donors (Lipinski definition) is 1. The van der Waals surface area contributed by atoms with Crippen LogP contribution in [0.4, 0.5) is 5.69 Å². The molecule has 0 unspecified atom stereocenters. The molecule has 0 radical (unpaired) electrons. The van der Waals surface area contributed by atoms with E-state index in [-0.39, 0.29) is 12.5 Å². The highest BCUT2D eigenvalue weighted by Gasteiger charge is 2.25. The minimum absolute atomic E-state index is 0.339. The van der Waals surface area contributed by atoms with Gasteiger partial charge in [-0.3, -0.25) is 9.78 Å². The van der Waals surface area contributed by atoms with Crippen LogP contribution in [0.3, 0.4) is 0 Å². The van der Waals surface area contributed by atoms with Crippen molar-refractivity contribution in [3.05, 3.63) is 70.4 Å². The van der Waals surface area contributed by atoms with Crippen molar-refractivity contribution in [2.75, 3.05) is 25.5 Å². The summed E-state index contributed by atoms with van der Waals surface area (Å²) in [7, 11) is 2.02. The Kier molecular flexibility index (Phi) is 5.50. The quantitative estimate of drug-likeness (QED) is 0.674. The maximum Gasteiger partial charge on any atom is 0.339 e. The molecule has 0 saturated heterocycles. The summed E-state index contributed by atoms with van der Waals surface area (Å²) in [5.41, 5.74) is 5.79. The third-order valence-corrected chi connectivity index (χ3v) is 5.52. The molecule has 1 aromatic heterocycles. The number of aromatic nitrogens is 1. The van der Waals surface area contributed by atoms with Gasteiger partial charge in [0.25, 0.3) is 5.91 Å². The van der Waals surface area contributed by atoms with Crippen LogP contribution >= 0.6 is 0 Å². The van der Waals surface area contributed by atoms with Crippen molar-refractivity contribution in [2.24, 2.45) is 0 Å². The number of ether oxygens (including phenoxy) is 1. The first-order chi connectivity index (χ1) is 14.4. The molecule has 0 bridgehead atoms. The van der Waals surface area contributed by atoms with Crippen LogP contribution in [0, 0.1) is 13.8 Å². The number of benzene rings is 2. The maximum atomic E-state index is 13.1. The number of hydrogen-bond acceptors (Lipinski definition) is 5. The minimum atomic E-state index is -0.489. The molecule has 0 saturated carbocycles. The van der Waals surface area contributed by atoms with E-state index < -0.39 is 5.97 Å². The molecule has 0 aliphatic carbocycles. The van der Waals surface area contributed by atoms with Crippen molar-refractivity contribution in [2.45, 2.75) is 26.8 Å². The summed E-state index contributed by atoms with van der Waals surface area (Å²) in [5, 5.41) is 3.61. The van der Waals surface area contributed by atoms with Crippen LogP contribution in [0.15, 0.2) is 42.5 Å². The normalized spacial score (nSPS) is 13.7. The van der Waals surface area contributed by atoms with Gasteiger partial charge in [-0.1, -0.05) is 36.4 Å². The Morgan fingerprint density at radius 1 is 1.10 bits per heavy atom. The molecule has 154 valence electrons. The van der Waals surface area contributed by atoms with Crippen LogP contribution in [0.2, 0.25) is 0 Å². The number of likely N-dealkylation sites (N-methyl/N-ethyl adjacent to an activating group) is 1. The number of aryl methyl sites for hydroxylation is 2. The lowest BCUT2D eigenvalue weighted by Gasteiger charge is -2.26. The van der Waals surface area contributed by atoms with Gasteiger partial charge >= 0.3 is 5.97 Å². The molecule has 6 nitrogen and oxygen atoms in total. The van der Waals surface area contributed by atoms with Crippen LogP contribution in [-0.2, 0) is 22.5 Å². The number of carbonyl (C=O) groups excluding carboxylic acids is 2. The average molecular weight is 403 g/mol. The molecule has 0 fully saturated rings. The first-order valence-electron chi connectivity index (χ1n) is 10.1. The molecule has 6 heteroatoms. The molecular formula is C24H25N3O3. The van der Waals surface area contributed by atoms with E-state index in [4.69, 9.17) is 9.72 Å². The third-order valence-electron chi connectivity index (χ3n) is 5.52. The van der Waals surface area contributed by atoms with Crippen molar-refractivity contribution < 1.29 is 14.3 Å². The van der Waals surface area contributed by atoms with E-state index in [0.29, 0.717) is 12.1 Å². The standard InChI is InChI=1S/C24H25N3O3/c1-15-7-6-8-16(2)23(15)26-21(28)14-30-24(29)22-17-9-4-5-10-19(17)25-20-11-12-27(3)13-18(20)22/h4-10H,11-14H2,1-3H3,(H,26,28). The Labute approximate surface area is 175 Å². The Hall–Kier alpha value is -3.25. The fourth-order valence-corrected chi connectivity index (χ4v) is 3.95. The van der Waals surface area contributed by atoms with Gasteiger partial charge < -0.3 is 15.0 Å². The second kappa shape index (κ2) is 8.24. The summed E-state index contributed by atoms with van der Waals surface area (Å²) in [4.78, 5) is 32.4. The number of fused-ring (bicyclic) bond motifs is 2. The molecular weight excluding hydrogens is 378 g/mol. The van der Waals surface area contributed by atoms with E-state index in [1.807, 2.05) is 63.4 Å². The largest absolute Gasteiger partial charge is 0.452 e. The fraction of sp³-hybridized carbons (Fsp3) is 0.292. The zero-order valence-corrected chi connectivity index (χ0v) is 17.5. The Balaban J connectivity index is 1.58. The van der Waals surface area contributed by atoms with Gasteiger partial charge in [-0.25, -0.2) is 4.79 Å². The summed E-state index contributed by atoms with van der Waals surface area (Å²) in [5.74, 6) is -0.845. The van der Waals surface area contributed by atoms with E-state index in [1.54, 1.807) is 0 Å². The van der Waals surface area contributed by atoms with Gasteiger partial charge in [0.1, 0.15) is 0 Å². The second-order valence-electron chi connectivity index (χ2n) is 7.81. The van der Waals surface area contributed by atoms with Crippen LogP contribution in [-0.4, -0.2) is 42.0 Å². The van der Waals surface area contributed by atoms with Gasteiger partial charge in [-0.05, 0) is 38.1 Å². The number of carbonyl (C=O) groups is 2. The molecule has 2 aromatic carbocycles. The van der Waals surface area contributed by atoms with Crippen molar-refractivity contribution in [1.29, 1.82) is 0 Å². The average Bonchev–Trinajstić information content (AvgIpc) is 2.73. The molecule has 1 N–H and O–H groups in total. The number of amides is 1. The number of para-hydroxylation sites is 2. The van der Waals surface area contributed by atoms with Gasteiger partial charge in [0.05, 0.1) is 11.1 Å². The lowest BCUT2D eigenvalue weighted by atomic mass is 9.96. The number of nitrogens with zero attached hydrogens (tertiary/aromatic N) is 2. The highest BCUT2D eigenvalue weighted by Crippen LogP contribution is 2.28. The Morgan fingerprint density at radius 3 is 2.60 bits per heavy atom. The monoisotopic (exact) mass is 403 g/mol. The molecule has 0 atom stereocenters. The molecule has 3 aromatic rings. The fourth-order valence-electron chi connectivity index (χ4n) is 3.95. The molecule has 2 heterocycles. The Bertz CT molecular complexity index is 1120. The Morgan fingerprint density at radius 2 is 1.83 bits per heavy atom. The smallest absolute Gasteiger partial charge is 0.339 e. The van der Waals surface area contributed by atoms with Gasteiger partial charge in [0.15, 0.2) is 6.61 Å². The zero-order chi connectivity index (χ0) is 21.3. The summed E-state index contributed by atoms with van der Waals surface area (Å²) >= 11 is 0. The summed E-state index contributed by atoms with van der Waals surface area (Å²) in [6.07, 6.45) is 0.782. The van der Waals surface area contributed by atoms with E-state index >= 15 is 0 Å². The zero-order valence-electron chi connectivity index (χ0n) is 17.5. The van der Waals surface area contributed by atoms with E-state index in [1.165, 1.54) is 0 Å². The molecule has 1 aliphatic heterocycles. The number of anilines is 1. The number of esters is 1. The van der Waals surface area contributed by atoms with Crippen LogP contribution < -0.4 is 5.32 Å². The molecule has 0 spiro atoms. The van der Waals surface area contributed by atoms with E-state index in [9.17, 15) is 9.59 Å². The number of pyridine rings is 1. The summed E-state index contributed by atoms with van der Waals surface area (Å²) < 4.78 is 5.45. The molecule has 1 amide bonds. The highest BCUT2D eigenvalue weighted by atomic mass is 16.5. The van der Waals surface area contributed by atoms with Crippen molar-refractivity contribution >= 4 is 28.5 Å². The number of nitrogens with one attached hydrogen (secondary N) is 1. The first kappa shape index (κ1) is 20.0. The van der Waals surface area contributed by atoms with Crippen LogP contribution in [0.1, 0.15) is 32.7 Å². The van der Waals surface area contributed by atoms with Crippen LogP contribution in [0.25, 0.3) is 10.9 Å². The SMILES string of the molecule is Cc1cccc(C)c1NC(=O)COC(=O)c1c2c(nc3ccccc13)CCN(C)C2. The van der Waals surface area contributed by atoms with Gasteiger partial charge in [-0.2, -0.15) is 0 Å².